The molecule has 2 bridgehead atoms. The Kier molecular flexibility index (Phi) is 7.94. The quantitative estimate of drug-likeness (QED) is 0.213. The number of amides is 2. The summed E-state index contributed by atoms with van der Waals surface area (Å²) in [5, 5.41) is 3.68. The van der Waals surface area contributed by atoms with Gasteiger partial charge in [-0.15, -0.1) is 0 Å². The highest BCUT2D eigenvalue weighted by Crippen LogP contribution is 2.60. The monoisotopic (exact) mass is 567 g/mol. The molecule has 2 amide bonds. The van der Waals surface area contributed by atoms with E-state index in [9.17, 15) is 9.59 Å². The fourth-order valence-electron chi connectivity index (χ4n) is 6.86. The van der Waals surface area contributed by atoms with Crippen molar-refractivity contribution in [1.82, 2.24) is 4.90 Å². The van der Waals surface area contributed by atoms with E-state index in [1.807, 2.05) is 54.6 Å². The van der Waals surface area contributed by atoms with E-state index in [4.69, 9.17) is 4.74 Å². The third-order valence-electron chi connectivity index (χ3n) is 9.33. The predicted molar refractivity (Wildman–Crippen MR) is 167 cm³/mol. The molecule has 0 unspecified atom stereocenters. The minimum atomic E-state index is -2.80. The van der Waals surface area contributed by atoms with Crippen LogP contribution >= 0.6 is 6.89 Å². The Labute approximate surface area is 243 Å². The van der Waals surface area contributed by atoms with Crippen molar-refractivity contribution in [2.24, 2.45) is 11.3 Å². The van der Waals surface area contributed by atoms with Crippen molar-refractivity contribution >= 4 is 45.9 Å². The summed E-state index contributed by atoms with van der Waals surface area (Å²) in [5.41, 5.74) is -0.930. The Hall–Kier alpha value is -3.69. The summed E-state index contributed by atoms with van der Waals surface area (Å²) in [4.78, 5) is 43.0. The first-order valence-corrected chi connectivity index (χ1v) is 16.1. The summed E-state index contributed by atoms with van der Waals surface area (Å²) < 4.78 is 5.15. The Morgan fingerprint density at radius 3 is 1.78 bits per heavy atom. The average molecular weight is 568 g/mol. The number of imide groups is 1. The number of piperidine rings is 1. The van der Waals surface area contributed by atoms with Crippen LogP contribution in [0.2, 0.25) is 0 Å². The number of likely N-dealkylation sites (tertiary alicyclic amines) is 1. The van der Waals surface area contributed by atoms with E-state index in [1.165, 1.54) is 6.08 Å². The standard InChI is InChI=1S/C35H38NO4P/c1-5-40-31(37)23-15-22-30(33(39)36-32(38)29-24-25-35(36,4)34(29,2)3)41(26-16-9-6-10-17-26,27-18-11-7-12-19-27)28-20-13-8-14-21-28/h6-21,23,29H,5,22,24-25H2,1-4H3/b23-15+/t29-,35-/m1/s1. The molecule has 0 radical (unpaired) electrons. The second-order valence-corrected chi connectivity index (χ2v) is 15.0. The summed E-state index contributed by atoms with van der Waals surface area (Å²) in [6.45, 7) is 5.53. The number of allylic oxidation sites excluding steroid dienone is 1. The fourth-order valence-corrected chi connectivity index (χ4v) is 11.3. The van der Waals surface area contributed by atoms with Gasteiger partial charge in [0.2, 0.25) is 5.91 Å². The minimum absolute atomic E-state index is 0.0899. The molecule has 2 aliphatic rings. The number of esters is 1. The molecule has 3 aromatic rings. The van der Waals surface area contributed by atoms with Crippen LogP contribution in [0.25, 0.3) is 0 Å². The Bertz CT molecular complexity index is 1420. The number of carbonyl (C=O) groups is 3. The second kappa shape index (κ2) is 11.3. The van der Waals surface area contributed by atoms with Gasteiger partial charge in [-0.3, -0.25) is 14.5 Å². The molecule has 1 aliphatic heterocycles. The van der Waals surface area contributed by atoms with Crippen molar-refractivity contribution in [2.75, 3.05) is 6.61 Å². The van der Waals surface area contributed by atoms with Gasteiger partial charge in [-0.25, -0.2) is 4.79 Å². The molecule has 1 saturated heterocycles. The highest BCUT2D eigenvalue weighted by molar-refractivity contribution is 7.96. The molecule has 5 rings (SSSR count). The van der Waals surface area contributed by atoms with E-state index in [0.29, 0.717) is 5.29 Å². The van der Waals surface area contributed by atoms with Crippen LogP contribution in [0.1, 0.15) is 47.0 Å². The third kappa shape index (κ3) is 4.61. The fraction of sp³-hybridized carbons (Fsp3) is 0.314. The third-order valence-corrected chi connectivity index (χ3v) is 13.7. The van der Waals surface area contributed by atoms with Crippen LogP contribution in [0.4, 0.5) is 0 Å². The van der Waals surface area contributed by atoms with E-state index >= 15 is 4.79 Å². The Morgan fingerprint density at radius 1 is 0.878 bits per heavy atom. The Morgan fingerprint density at radius 2 is 1.37 bits per heavy atom. The highest BCUT2D eigenvalue weighted by Gasteiger charge is 2.67. The predicted octanol–water partition coefficient (Wildman–Crippen LogP) is 5.23. The van der Waals surface area contributed by atoms with Crippen LogP contribution in [-0.2, 0) is 19.1 Å². The first kappa shape index (κ1) is 28.8. The van der Waals surface area contributed by atoms with Crippen molar-refractivity contribution < 1.29 is 19.1 Å². The zero-order chi connectivity index (χ0) is 29.3. The molecular weight excluding hydrogens is 529 g/mol. The lowest BCUT2D eigenvalue weighted by Crippen LogP contribution is -2.55. The molecule has 1 aliphatic carbocycles. The van der Waals surface area contributed by atoms with Gasteiger partial charge >= 0.3 is 5.97 Å². The number of rotatable bonds is 8. The van der Waals surface area contributed by atoms with E-state index < -0.39 is 18.4 Å². The molecule has 212 valence electrons. The molecule has 2 atom stereocenters. The van der Waals surface area contributed by atoms with Crippen molar-refractivity contribution in [3.8, 4) is 0 Å². The van der Waals surface area contributed by atoms with Gasteiger partial charge in [0, 0.05) is 17.3 Å². The maximum Gasteiger partial charge on any atom is 0.330 e. The first-order chi connectivity index (χ1) is 19.7. The highest BCUT2D eigenvalue weighted by atomic mass is 31.2. The van der Waals surface area contributed by atoms with Gasteiger partial charge in [-0.2, -0.15) is 0 Å². The number of ether oxygens (including phenoxy) is 1. The summed E-state index contributed by atoms with van der Waals surface area (Å²) in [5.74, 6) is -0.975. The van der Waals surface area contributed by atoms with E-state index in [0.717, 1.165) is 28.8 Å². The maximum absolute atomic E-state index is 15.2. The number of hydrogen-bond donors (Lipinski definition) is 0. The minimum Gasteiger partial charge on any atom is -0.463 e. The van der Waals surface area contributed by atoms with Gasteiger partial charge < -0.3 is 4.74 Å². The number of nitrogens with zero attached hydrogens (tertiary/aromatic N) is 1. The smallest absolute Gasteiger partial charge is 0.330 e. The molecule has 0 spiro atoms. The maximum atomic E-state index is 15.2. The number of carbonyl (C=O) groups excluding carboxylic acids is 3. The topological polar surface area (TPSA) is 63.7 Å². The molecule has 1 heterocycles. The van der Waals surface area contributed by atoms with Gasteiger partial charge in [0.15, 0.2) is 0 Å². The molecule has 3 aromatic carbocycles. The molecule has 1 saturated carbocycles. The van der Waals surface area contributed by atoms with Crippen molar-refractivity contribution in [3.63, 3.8) is 0 Å². The van der Waals surface area contributed by atoms with Crippen molar-refractivity contribution in [3.05, 3.63) is 103 Å². The molecule has 0 N–H and O–H groups in total. The largest absolute Gasteiger partial charge is 0.463 e. The lowest BCUT2D eigenvalue weighted by atomic mass is 9.75. The number of fused-ring (bicyclic) bond motifs is 2. The molecule has 2 fully saturated rings. The van der Waals surface area contributed by atoms with E-state index in [2.05, 4.69) is 57.2 Å². The summed E-state index contributed by atoms with van der Waals surface area (Å²) in [6, 6.07) is 30.4. The number of benzene rings is 3. The van der Waals surface area contributed by atoms with Gasteiger partial charge in [0.05, 0.1) is 12.1 Å². The van der Waals surface area contributed by atoms with Gasteiger partial charge in [-0.05, 0) is 61.3 Å². The van der Waals surface area contributed by atoms with Crippen LogP contribution in [0.3, 0.4) is 0 Å². The molecular formula is C35H38NO4P. The first-order valence-electron chi connectivity index (χ1n) is 14.3. The van der Waals surface area contributed by atoms with Crippen LogP contribution in [0, 0.1) is 11.3 Å². The van der Waals surface area contributed by atoms with Crippen molar-refractivity contribution in [1.29, 1.82) is 0 Å². The van der Waals surface area contributed by atoms with Crippen LogP contribution < -0.4 is 15.9 Å². The van der Waals surface area contributed by atoms with E-state index in [1.54, 1.807) is 17.9 Å². The zero-order valence-electron chi connectivity index (χ0n) is 24.2. The average Bonchev–Trinajstić information content (AvgIpc) is 3.30. The van der Waals surface area contributed by atoms with Gasteiger partial charge in [0.1, 0.15) is 0 Å². The lowest BCUT2D eigenvalue weighted by molar-refractivity contribution is -0.146. The molecule has 6 heteroatoms. The Balaban J connectivity index is 1.88. The van der Waals surface area contributed by atoms with Crippen LogP contribution in [0.5, 0.6) is 0 Å². The summed E-state index contributed by atoms with van der Waals surface area (Å²) in [7, 11) is 0. The number of hydrogen-bond acceptors (Lipinski definition) is 4. The normalized spacial score (nSPS) is 21.3. The molecule has 0 aromatic heterocycles. The second-order valence-electron chi connectivity index (χ2n) is 11.5. The van der Waals surface area contributed by atoms with Crippen LogP contribution in [-0.4, -0.2) is 40.1 Å². The van der Waals surface area contributed by atoms with Gasteiger partial charge in [0.25, 0.3) is 5.91 Å². The lowest BCUT2D eigenvalue weighted by Gasteiger charge is -2.42. The van der Waals surface area contributed by atoms with E-state index in [-0.39, 0.29) is 36.2 Å². The van der Waals surface area contributed by atoms with Gasteiger partial charge in [-0.1, -0.05) is 111 Å². The van der Waals surface area contributed by atoms with Crippen molar-refractivity contribution in [2.45, 2.75) is 52.5 Å². The zero-order valence-corrected chi connectivity index (χ0v) is 25.1. The summed E-state index contributed by atoms with van der Waals surface area (Å²) >= 11 is 0. The van der Waals surface area contributed by atoms with Crippen LogP contribution in [0.15, 0.2) is 103 Å². The summed E-state index contributed by atoms with van der Waals surface area (Å²) in [6.07, 6.45) is 4.90. The molecule has 41 heavy (non-hydrogen) atoms. The molecule has 5 nitrogen and oxygen atoms in total. The SMILES string of the molecule is CCOC(=O)/C=C/CC(C(=O)N1C(=O)[C@H]2CC[C@]1(C)C2(C)C)=P(c1ccccc1)(c1ccccc1)c1ccccc1.